The highest BCUT2D eigenvalue weighted by Crippen LogP contribution is 2.41. The number of anilines is 1. The molecule has 1 saturated heterocycles. The van der Waals surface area contributed by atoms with Crippen molar-refractivity contribution < 1.29 is 37.3 Å². The number of aromatic nitrogens is 2. The first-order valence-corrected chi connectivity index (χ1v) is 10.3. The van der Waals surface area contributed by atoms with Crippen LogP contribution in [0.4, 0.5) is 19.0 Å². The van der Waals surface area contributed by atoms with E-state index in [1.54, 1.807) is 6.92 Å². The lowest BCUT2D eigenvalue weighted by atomic mass is 9.91. The summed E-state index contributed by atoms with van der Waals surface area (Å²) in [4.78, 5) is 20.1. The number of halogens is 3. The number of nitrogens with one attached hydrogen (secondary N) is 1. The lowest BCUT2D eigenvalue weighted by Gasteiger charge is -2.30. The Morgan fingerprint density at radius 1 is 1.30 bits per heavy atom. The number of hydrogen-bond acceptors (Lipinski definition) is 8. The van der Waals surface area contributed by atoms with Crippen LogP contribution in [0.3, 0.4) is 0 Å². The summed E-state index contributed by atoms with van der Waals surface area (Å²) in [6, 6.07) is 2.76. The zero-order valence-corrected chi connectivity index (χ0v) is 18.7. The topological polar surface area (TPSA) is 103 Å². The van der Waals surface area contributed by atoms with Gasteiger partial charge in [-0.25, -0.2) is 14.4 Å². The number of alkyl halides is 2. The van der Waals surface area contributed by atoms with Crippen molar-refractivity contribution in [3.8, 4) is 0 Å². The second-order valence-corrected chi connectivity index (χ2v) is 8.12. The van der Waals surface area contributed by atoms with E-state index in [0.29, 0.717) is 24.5 Å². The summed E-state index contributed by atoms with van der Waals surface area (Å²) in [5.74, 6) is -5.32. The molecule has 33 heavy (non-hydrogen) atoms. The van der Waals surface area contributed by atoms with Gasteiger partial charge in [0.1, 0.15) is 23.6 Å². The predicted molar refractivity (Wildman–Crippen MR) is 111 cm³/mol. The van der Waals surface area contributed by atoms with Crippen molar-refractivity contribution in [1.82, 2.24) is 9.97 Å². The average Bonchev–Trinajstić information content (AvgIpc) is 3.27. The summed E-state index contributed by atoms with van der Waals surface area (Å²) in [6.45, 7) is 4.02. The van der Waals surface area contributed by atoms with Gasteiger partial charge < -0.3 is 24.6 Å². The fourth-order valence-corrected chi connectivity index (χ4v) is 3.41. The van der Waals surface area contributed by atoms with Gasteiger partial charge in [0.2, 0.25) is 0 Å². The summed E-state index contributed by atoms with van der Waals surface area (Å²) >= 11 is 0. The first-order valence-electron chi connectivity index (χ1n) is 10.3. The number of methoxy groups -OCH3 is 1. The lowest BCUT2D eigenvalue weighted by Crippen LogP contribution is -2.41. The zero-order chi connectivity index (χ0) is 24.4. The van der Waals surface area contributed by atoms with Gasteiger partial charge in [-0.05, 0) is 26.8 Å². The molecule has 0 unspecified atom stereocenters. The quantitative estimate of drug-likeness (QED) is 0.567. The summed E-state index contributed by atoms with van der Waals surface area (Å²) in [7, 11) is 1.24. The van der Waals surface area contributed by atoms with Crippen molar-refractivity contribution in [2.24, 2.45) is 0 Å². The summed E-state index contributed by atoms with van der Waals surface area (Å²) in [5.41, 5.74) is -2.82. The number of ether oxygens (including phenoxy) is 3. The SMILES string of the molecule is COC(=O)Cc1ncnc(N[C@H](C)c2cccc(C(F)(F)C(C)(C)O)c2F)c1C1OCCO1. The second kappa shape index (κ2) is 9.62. The molecule has 0 bridgehead atoms. The number of esters is 1. The molecule has 0 aliphatic carbocycles. The van der Waals surface area contributed by atoms with Crippen LogP contribution >= 0.6 is 0 Å². The van der Waals surface area contributed by atoms with E-state index in [9.17, 15) is 18.7 Å². The molecule has 2 N–H and O–H groups in total. The van der Waals surface area contributed by atoms with Crippen LogP contribution in [0.1, 0.15) is 55.5 Å². The molecule has 0 amide bonds. The van der Waals surface area contributed by atoms with Crippen LogP contribution in [0, 0.1) is 5.82 Å². The van der Waals surface area contributed by atoms with Gasteiger partial charge in [-0.1, -0.05) is 12.1 Å². The van der Waals surface area contributed by atoms with Gasteiger partial charge in [-0.2, -0.15) is 8.78 Å². The minimum absolute atomic E-state index is 0.0660. The molecule has 0 radical (unpaired) electrons. The van der Waals surface area contributed by atoms with E-state index in [-0.39, 0.29) is 17.8 Å². The molecule has 2 heterocycles. The van der Waals surface area contributed by atoms with E-state index in [2.05, 4.69) is 15.3 Å². The largest absolute Gasteiger partial charge is 0.469 e. The number of carbonyl (C=O) groups is 1. The molecule has 1 fully saturated rings. The Labute approximate surface area is 189 Å². The van der Waals surface area contributed by atoms with Crippen LogP contribution in [0.25, 0.3) is 0 Å². The molecule has 0 saturated carbocycles. The molecule has 1 atom stereocenters. The number of hydrogen-bond donors (Lipinski definition) is 2. The van der Waals surface area contributed by atoms with E-state index < -0.39 is 41.2 Å². The Kier molecular flexibility index (Phi) is 7.25. The maximum absolute atomic E-state index is 15.2. The highest BCUT2D eigenvalue weighted by atomic mass is 19.3. The van der Waals surface area contributed by atoms with Gasteiger partial charge in [0.15, 0.2) is 6.29 Å². The highest BCUT2D eigenvalue weighted by molar-refractivity contribution is 5.73. The van der Waals surface area contributed by atoms with E-state index in [4.69, 9.17) is 14.2 Å². The normalized spacial score (nSPS) is 16.0. The molecule has 1 aromatic heterocycles. The van der Waals surface area contributed by atoms with E-state index in [1.807, 2.05) is 0 Å². The predicted octanol–water partition coefficient (Wildman–Crippen LogP) is 3.41. The number of nitrogens with zero attached hydrogens (tertiary/aromatic N) is 2. The fraction of sp³-hybridized carbons (Fsp3) is 0.500. The van der Waals surface area contributed by atoms with Crippen molar-refractivity contribution in [2.45, 2.75) is 51.0 Å². The van der Waals surface area contributed by atoms with Crippen LogP contribution in [0.5, 0.6) is 0 Å². The van der Waals surface area contributed by atoms with Crippen molar-refractivity contribution in [3.63, 3.8) is 0 Å². The Morgan fingerprint density at radius 3 is 2.58 bits per heavy atom. The van der Waals surface area contributed by atoms with Crippen LogP contribution in [0.2, 0.25) is 0 Å². The van der Waals surface area contributed by atoms with Crippen molar-refractivity contribution >= 4 is 11.8 Å². The minimum atomic E-state index is -3.83. The van der Waals surface area contributed by atoms with Crippen LogP contribution in [0.15, 0.2) is 24.5 Å². The first-order chi connectivity index (χ1) is 15.5. The van der Waals surface area contributed by atoms with Crippen molar-refractivity contribution in [1.29, 1.82) is 0 Å². The lowest BCUT2D eigenvalue weighted by molar-refractivity contribution is -0.170. The number of rotatable bonds is 8. The Bertz CT molecular complexity index is 1010. The molecule has 8 nitrogen and oxygen atoms in total. The van der Waals surface area contributed by atoms with Crippen LogP contribution in [-0.4, -0.2) is 47.0 Å². The molecule has 11 heteroatoms. The van der Waals surface area contributed by atoms with Gasteiger partial charge >= 0.3 is 11.9 Å². The van der Waals surface area contributed by atoms with E-state index in [1.165, 1.54) is 25.6 Å². The standard InChI is InChI=1S/C22H26F3N3O5/c1-12(13-6-5-7-14(18(13)23)22(24,25)21(2,3)30)28-19-17(20-32-8-9-33-20)15(26-11-27-19)10-16(29)31-4/h5-7,11-12,20,30H,8-10H2,1-4H3,(H,26,27,28)/t12-/m1/s1. The summed E-state index contributed by atoms with van der Waals surface area (Å²) in [5, 5.41) is 12.8. The van der Waals surface area contributed by atoms with Gasteiger partial charge in [-0.15, -0.1) is 0 Å². The average molecular weight is 469 g/mol. The smallest absolute Gasteiger partial charge is 0.311 e. The third-order valence-corrected chi connectivity index (χ3v) is 5.32. The van der Waals surface area contributed by atoms with Crippen LogP contribution < -0.4 is 5.32 Å². The molecule has 2 aromatic rings. The molecule has 1 aliphatic rings. The third kappa shape index (κ3) is 5.10. The number of carbonyl (C=O) groups excluding carboxylic acids is 1. The van der Waals surface area contributed by atoms with E-state index >= 15 is 4.39 Å². The van der Waals surface area contributed by atoms with Gasteiger partial charge in [-0.3, -0.25) is 4.79 Å². The molecule has 1 aliphatic heterocycles. The number of aliphatic hydroxyl groups is 1. The Hall–Kier alpha value is -2.76. The maximum atomic E-state index is 15.2. The third-order valence-electron chi connectivity index (χ3n) is 5.32. The summed E-state index contributed by atoms with van der Waals surface area (Å²) in [6.07, 6.45) is 0.166. The molecular weight excluding hydrogens is 443 g/mol. The van der Waals surface area contributed by atoms with Crippen molar-refractivity contribution in [3.05, 3.63) is 52.7 Å². The molecule has 0 spiro atoms. The van der Waals surface area contributed by atoms with Crippen molar-refractivity contribution in [2.75, 3.05) is 25.6 Å². The van der Waals surface area contributed by atoms with Gasteiger partial charge in [0.25, 0.3) is 0 Å². The Balaban J connectivity index is 1.98. The fourth-order valence-electron chi connectivity index (χ4n) is 3.41. The first kappa shape index (κ1) is 24.9. The summed E-state index contributed by atoms with van der Waals surface area (Å²) < 4.78 is 60.3. The van der Waals surface area contributed by atoms with Gasteiger partial charge in [0, 0.05) is 5.56 Å². The molecule has 1 aromatic carbocycles. The second-order valence-electron chi connectivity index (χ2n) is 8.12. The molecular formula is C22H26F3N3O5. The number of benzene rings is 1. The minimum Gasteiger partial charge on any atom is -0.469 e. The molecule has 3 rings (SSSR count). The monoisotopic (exact) mass is 469 g/mol. The van der Waals surface area contributed by atoms with Gasteiger partial charge in [0.05, 0.1) is 49.6 Å². The van der Waals surface area contributed by atoms with E-state index in [0.717, 1.165) is 19.9 Å². The van der Waals surface area contributed by atoms with Crippen LogP contribution in [-0.2, 0) is 31.3 Å². The molecule has 180 valence electrons. The highest BCUT2D eigenvalue weighted by Gasteiger charge is 2.49. The zero-order valence-electron chi connectivity index (χ0n) is 18.7. The maximum Gasteiger partial charge on any atom is 0.311 e. The Morgan fingerprint density at radius 2 is 1.97 bits per heavy atom.